The number of para-hydroxylation sites is 2. The van der Waals surface area contributed by atoms with Crippen molar-refractivity contribution in [1.29, 1.82) is 0 Å². The standard InChI is InChI=1S/C17H19BrN2O/c1-19-10-11-20(17-5-3-2-4-16(17)19)12-13-21-15-8-6-14(18)7-9-15/h2-9H,10-13H2,1H3. The maximum absolute atomic E-state index is 5.83. The number of fused-ring (bicyclic) bond motifs is 1. The van der Waals surface area contributed by atoms with Gasteiger partial charge in [-0.2, -0.15) is 0 Å². The summed E-state index contributed by atoms with van der Waals surface area (Å²) in [6.45, 7) is 3.69. The van der Waals surface area contributed by atoms with Crippen molar-refractivity contribution < 1.29 is 4.74 Å². The first-order chi connectivity index (χ1) is 10.2. The van der Waals surface area contributed by atoms with Crippen molar-refractivity contribution in [2.24, 2.45) is 0 Å². The summed E-state index contributed by atoms with van der Waals surface area (Å²) in [7, 11) is 2.15. The van der Waals surface area contributed by atoms with Crippen LogP contribution in [0.25, 0.3) is 0 Å². The minimum absolute atomic E-state index is 0.694. The van der Waals surface area contributed by atoms with Gasteiger partial charge in [0.1, 0.15) is 12.4 Å². The molecule has 0 spiro atoms. The fourth-order valence-electron chi connectivity index (χ4n) is 2.60. The Bertz CT molecular complexity index is 600. The van der Waals surface area contributed by atoms with Crippen LogP contribution in [0.4, 0.5) is 11.4 Å². The van der Waals surface area contributed by atoms with Gasteiger partial charge in [0.15, 0.2) is 0 Å². The summed E-state index contributed by atoms with van der Waals surface area (Å²) >= 11 is 3.43. The molecule has 0 fully saturated rings. The molecule has 0 aromatic heterocycles. The Hall–Kier alpha value is -1.68. The Balaban J connectivity index is 1.61. The van der Waals surface area contributed by atoms with Crippen LogP contribution < -0.4 is 14.5 Å². The van der Waals surface area contributed by atoms with Crippen LogP contribution in [0.3, 0.4) is 0 Å². The average molecular weight is 347 g/mol. The average Bonchev–Trinajstić information content (AvgIpc) is 2.52. The lowest BCUT2D eigenvalue weighted by atomic mass is 10.2. The van der Waals surface area contributed by atoms with Gasteiger partial charge in [-0.1, -0.05) is 28.1 Å². The van der Waals surface area contributed by atoms with Crippen LogP contribution >= 0.6 is 15.9 Å². The highest BCUT2D eigenvalue weighted by Crippen LogP contribution is 2.31. The van der Waals surface area contributed by atoms with E-state index in [1.165, 1.54) is 11.4 Å². The molecule has 0 radical (unpaired) electrons. The highest BCUT2D eigenvalue weighted by atomic mass is 79.9. The molecule has 3 rings (SSSR count). The Morgan fingerprint density at radius 3 is 2.48 bits per heavy atom. The summed E-state index contributed by atoms with van der Waals surface area (Å²) in [5.74, 6) is 0.917. The van der Waals surface area contributed by atoms with Gasteiger partial charge in [-0.3, -0.25) is 0 Å². The van der Waals surface area contributed by atoms with Gasteiger partial charge >= 0.3 is 0 Å². The lowest BCUT2D eigenvalue weighted by Crippen LogP contribution is -2.41. The minimum atomic E-state index is 0.694. The second kappa shape index (κ2) is 6.39. The van der Waals surface area contributed by atoms with Crippen LogP contribution in [0, 0.1) is 0 Å². The number of hydrogen-bond acceptors (Lipinski definition) is 3. The zero-order valence-corrected chi connectivity index (χ0v) is 13.7. The lowest BCUT2D eigenvalue weighted by molar-refractivity contribution is 0.323. The van der Waals surface area contributed by atoms with Crippen LogP contribution in [0.5, 0.6) is 5.75 Å². The molecule has 1 heterocycles. The molecular weight excluding hydrogens is 328 g/mol. The molecule has 0 bridgehead atoms. The van der Waals surface area contributed by atoms with Crippen LogP contribution in [-0.4, -0.2) is 33.3 Å². The van der Waals surface area contributed by atoms with Crippen molar-refractivity contribution in [2.45, 2.75) is 0 Å². The molecular formula is C17H19BrN2O. The molecule has 2 aromatic rings. The van der Waals surface area contributed by atoms with Gasteiger partial charge in [0.2, 0.25) is 0 Å². The van der Waals surface area contributed by atoms with Crippen LogP contribution in [0.2, 0.25) is 0 Å². The van der Waals surface area contributed by atoms with E-state index in [1.807, 2.05) is 24.3 Å². The van der Waals surface area contributed by atoms with Crippen molar-refractivity contribution >= 4 is 27.3 Å². The molecule has 0 atom stereocenters. The van der Waals surface area contributed by atoms with E-state index >= 15 is 0 Å². The fourth-order valence-corrected chi connectivity index (χ4v) is 2.87. The van der Waals surface area contributed by atoms with Crippen LogP contribution in [-0.2, 0) is 0 Å². The Morgan fingerprint density at radius 2 is 1.71 bits per heavy atom. The molecule has 1 aliphatic heterocycles. The van der Waals surface area contributed by atoms with E-state index < -0.39 is 0 Å². The molecule has 0 aliphatic carbocycles. The largest absolute Gasteiger partial charge is 0.492 e. The monoisotopic (exact) mass is 346 g/mol. The smallest absolute Gasteiger partial charge is 0.119 e. The number of rotatable bonds is 4. The van der Waals surface area contributed by atoms with E-state index in [1.54, 1.807) is 0 Å². The first-order valence-corrected chi connectivity index (χ1v) is 7.97. The van der Waals surface area contributed by atoms with Gasteiger partial charge < -0.3 is 14.5 Å². The predicted molar refractivity (Wildman–Crippen MR) is 91.6 cm³/mol. The fraction of sp³-hybridized carbons (Fsp3) is 0.294. The molecule has 110 valence electrons. The van der Waals surface area contributed by atoms with Gasteiger partial charge in [-0.05, 0) is 36.4 Å². The second-order valence-electron chi connectivity index (χ2n) is 5.20. The lowest BCUT2D eigenvalue weighted by Gasteiger charge is -2.36. The van der Waals surface area contributed by atoms with Crippen molar-refractivity contribution in [2.75, 3.05) is 43.1 Å². The Kier molecular flexibility index (Phi) is 4.34. The molecule has 0 saturated heterocycles. The van der Waals surface area contributed by atoms with Crippen molar-refractivity contribution in [3.05, 3.63) is 53.0 Å². The van der Waals surface area contributed by atoms with E-state index in [0.717, 1.165) is 29.9 Å². The van der Waals surface area contributed by atoms with Crippen molar-refractivity contribution in [1.82, 2.24) is 0 Å². The summed E-state index contributed by atoms with van der Waals surface area (Å²) < 4.78 is 6.90. The summed E-state index contributed by atoms with van der Waals surface area (Å²) in [5.41, 5.74) is 2.60. The van der Waals surface area contributed by atoms with E-state index in [9.17, 15) is 0 Å². The highest BCUT2D eigenvalue weighted by Gasteiger charge is 2.19. The SMILES string of the molecule is CN1CCN(CCOc2ccc(Br)cc2)c2ccccc21. The molecule has 2 aromatic carbocycles. The molecule has 0 amide bonds. The van der Waals surface area contributed by atoms with Gasteiger partial charge in [-0.15, -0.1) is 0 Å². The van der Waals surface area contributed by atoms with E-state index in [2.05, 4.69) is 57.0 Å². The Labute approximate surface area is 134 Å². The third kappa shape index (κ3) is 3.32. The van der Waals surface area contributed by atoms with Gasteiger partial charge in [0.25, 0.3) is 0 Å². The molecule has 0 N–H and O–H groups in total. The number of benzene rings is 2. The number of likely N-dealkylation sites (N-methyl/N-ethyl adjacent to an activating group) is 1. The second-order valence-corrected chi connectivity index (χ2v) is 6.12. The number of nitrogens with zero attached hydrogens (tertiary/aromatic N) is 2. The van der Waals surface area contributed by atoms with Gasteiger partial charge in [-0.25, -0.2) is 0 Å². The molecule has 21 heavy (non-hydrogen) atoms. The van der Waals surface area contributed by atoms with E-state index in [0.29, 0.717) is 6.61 Å². The first-order valence-electron chi connectivity index (χ1n) is 7.17. The molecule has 3 nitrogen and oxygen atoms in total. The summed E-state index contributed by atoms with van der Waals surface area (Å²) in [4.78, 5) is 4.70. The van der Waals surface area contributed by atoms with Crippen LogP contribution in [0.15, 0.2) is 53.0 Å². The summed E-state index contributed by atoms with van der Waals surface area (Å²) in [5, 5.41) is 0. The topological polar surface area (TPSA) is 15.7 Å². The van der Waals surface area contributed by atoms with Gasteiger partial charge in [0, 0.05) is 24.6 Å². The molecule has 4 heteroatoms. The highest BCUT2D eigenvalue weighted by molar-refractivity contribution is 9.10. The summed E-state index contributed by atoms with van der Waals surface area (Å²) in [6.07, 6.45) is 0. The van der Waals surface area contributed by atoms with Gasteiger partial charge in [0.05, 0.1) is 17.9 Å². The molecule has 0 saturated carbocycles. The van der Waals surface area contributed by atoms with Crippen molar-refractivity contribution in [3.8, 4) is 5.75 Å². The summed E-state index contributed by atoms with van der Waals surface area (Å²) in [6, 6.07) is 16.5. The Morgan fingerprint density at radius 1 is 1.00 bits per heavy atom. The maximum Gasteiger partial charge on any atom is 0.119 e. The maximum atomic E-state index is 5.83. The third-order valence-corrected chi connectivity index (χ3v) is 4.31. The predicted octanol–water partition coefficient (Wildman–Crippen LogP) is 3.78. The van der Waals surface area contributed by atoms with E-state index in [4.69, 9.17) is 4.74 Å². The first kappa shape index (κ1) is 14.3. The normalized spacial score (nSPS) is 14.0. The van der Waals surface area contributed by atoms with E-state index in [-0.39, 0.29) is 0 Å². The number of hydrogen-bond donors (Lipinski definition) is 0. The minimum Gasteiger partial charge on any atom is -0.492 e. The third-order valence-electron chi connectivity index (χ3n) is 3.78. The van der Waals surface area contributed by atoms with Crippen molar-refractivity contribution in [3.63, 3.8) is 0 Å². The molecule has 1 aliphatic rings. The van der Waals surface area contributed by atoms with Crippen LogP contribution in [0.1, 0.15) is 0 Å². The zero-order chi connectivity index (χ0) is 14.7. The zero-order valence-electron chi connectivity index (χ0n) is 12.1. The number of halogens is 1. The quantitative estimate of drug-likeness (QED) is 0.837. The number of ether oxygens (including phenoxy) is 1. The number of anilines is 2. The molecule has 0 unspecified atom stereocenters.